The van der Waals surface area contributed by atoms with Crippen LogP contribution in [-0.4, -0.2) is 40.4 Å². The van der Waals surface area contributed by atoms with Gasteiger partial charge in [-0.15, -0.1) is 0 Å². The molecule has 0 bridgehead atoms. The van der Waals surface area contributed by atoms with Gasteiger partial charge >= 0.3 is 6.09 Å². The molecule has 1 aliphatic heterocycles. The Balaban J connectivity index is 2.69. The first-order valence-electron chi connectivity index (χ1n) is 5.08. The van der Waals surface area contributed by atoms with E-state index < -0.39 is 30.2 Å². The van der Waals surface area contributed by atoms with E-state index in [0.717, 1.165) is 4.90 Å². The Morgan fingerprint density at radius 3 is 2.56 bits per heavy atom. The van der Waals surface area contributed by atoms with Gasteiger partial charge in [0.05, 0.1) is 12.6 Å². The minimum absolute atomic E-state index is 0.308. The van der Waals surface area contributed by atoms with Crippen LogP contribution < -0.4 is 0 Å². The summed E-state index contributed by atoms with van der Waals surface area (Å²) in [5, 5.41) is 0.335. The molecule has 1 heterocycles. The molecule has 1 atom stereocenters. The molecule has 0 aliphatic carbocycles. The largest absolute Gasteiger partial charge is 0.444 e. The molecule has 0 radical (unpaired) electrons. The van der Waals surface area contributed by atoms with E-state index in [-0.39, 0.29) is 6.42 Å². The highest BCUT2D eigenvalue weighted by Gasteiger charge is 2.47. The molecular formula is C10H16BrF2NO2. The maximum Gasteiger partial charge on any atom is 0.410 e. The Morgan fingerprint density at radius 2 is 2.12 bits per heavy atom. The molecule has 0 aromatic rings. The molecule has 1 fully saturated rings. The van der Waals surface area contributed by atoms with E-state index >= 15 is 0 Å². The van der Waals surface area contributed by atoms with Gasteiger partial charge in [0.25, 0.3) is 5.92 Å². The quantitative estimate of drug-likeness (QED) is 0.697. The van der Waals surface area contributed by atoms with Crippen LogP contribution in [0.5, 0.6) is 0 Å². The van der Waals surface area contributed by atoms with Crippen molar-refractivity contribution in [3.05, 3.63) is 0 Å². The van der Waals surface area contributed by atoms with Crippen molar-refractivity contribution in [2.75, 3.05) is 11.9 Å². The molecule has 6 heteroatoms. The van der Waals surface area contributed by atoms with Crippen LogP contribution in [0.3, 0.4) is 0 Å². The van der Waals surface area contributed by atoms with Gasteiger partial charge in [0.2, 0.25) is 0 Å². The zero-order valence-electron chi connectivity index (χ0n) is 9.60. The lowest BCUT2D eigenvalue weighted by molar-refractivity contribution is -0.00227. The lowest BCUT2D eigenvalue weighted by Crippen LogP contribution is -2.41. The van der Waals surface area contributed by atoms with Crippen LogP contribution in [0.15, 0.2) is 0 Å². The molecule has 1 rings (SSSR count). The number of hydrogen-bond donors (Lipinski definition) is 0. The standard InChI is InChI=1S/C10H16BrF2NO2/c1-9(2,3)16-8(15)14-6-10(12,13)4-7(14)5-11/h7H,4-6H2,1-3H3/t7-/m0/s1. The lowest BCUT2D eigenvalue weighted by Gasteiger charge is -2.27. The second-order valence-corrected chi connectivity index (χ2v) is 5.62. The summed E-state index contributed by atoms with van der Waals surface area (Å²) >= 11 is 3.13. The molecule has 1 saturated heterocycles. The molecule has 3 nitrogen and oxygen atoms in total. The number of rotatable bonds is 1. The number of nitrogens with zero attached hydrogens (tertiary/aromatic N) is 1. The van der Waals surface area contributed by atoms with Crippen molar-refractivity contribution in [1.82, 2.24) is 4.90 Å². The van der Waals surface area contributed by atoms with Crippen molar-refractivity contribution in [2.24, 2.45) is 0 Å². The Bertz CT molecular complexity index is 278. The smallest absolute Gasteiger partial charge is 0.410 e. The zero-order valence-corrected chi connectivity index (χ0v) is 11.2. The minimum Gasteiger partial charge on any atom is -0.444 e. The second-order valence-electron chi connectivity index (χ2n) is 4.98. The van der Waals surface area contributed by atoms with E-state index in [0.29, 0.717) is 5.33 Å². The highest BCUT2D eigenvalue weighted by molar-refractivity contribution is 9.09. The first kappa shape index (κ1) is 13.7. The fourth-order valence-corrected chi connectivity index (χ4v) is 2.15. The molecule has 0 aromatic heterocycles. The summed E-state index contributed by atoms with van der Waals surface area (Å²) < 4.78 is 31.4. The Kier molecular flexibility index (Phi) is 3.82. The predicted molar refractivity (Wildman–Crippen MR) is 60.1 cm³/mol. The molecule has 0 aromatic carbocycles. The fraction of sp³-hybridized carbons (Fsp3) is 0.900. The molecule has 94 valence electrons. The third kappa shape index (κ3) is 3.57. The monoisotopic (exact) mass is 299 g/mol. The number of likely N-dealkylation sites (tertiary alicyclic amines) is 1. The number of hydrogen-bond acceptors (Lipinski definition) is 2. The van der Waals surface area contributed by atoms with E-state index in [1.54, 1.807) is 20.8 Å². The van der Waals surface area contributed by atoms with Gasteiger partial charge in [-0.3, -0.25) is 4.90 Å². The molecule has 16 heavy (non-hydrogen) atoms. The van der Waals surface area contributed by atoms with Gasteiger partial charge in [-0.25, -0.2) is 13.6 Å². The summed E-state index contributed by atoms with van der Waals surface area (Å²) in [5.41, 5.74) is -0.661. The average molecular weight is 300 g/mol. The third-order valence-electron chi connectivity index (χ3n) is 2.18. The zero-order chi connectivity index (χ0) is 12.6. The molecule has 1 amide bonds. The van der Waals surface area contributed by atoms with Crippen LogP contribution in [0.4, 0.5) is 13.6 Å². The third-order valence-corrected chi connectivity index (χ3v) is 2.93. The number of amides is 1. The fourth-order valence-electron chi connectivity index (χ4n) is 1.57. The second kappa shape index (κ2) is 4.47. The Hall–Kier alpha value is -0.390. The van der Waals surface area contributed by atoms with Gasteiger partial charge in [0.15, 0.2) is 0 Å². The number of carbonyl (C=O) groups excluding carboxylic acids is 1. The highest BCUT2D eigenvalue weighted by atomic mass is 79.9. The summed E-state index contributed by atoms with van der Waals surface area (Å²) in [6.45, 7) is 4.57. The first-order chi connectivity index (χ1) is 7.14. The van der Waals surface area contributed by atoms with Gasteiger partial charge in [0.1, 0.15) is 5.60 Å². The molecule has 0 unspecified atom stereocenters. The van der Waals surface area contributed by atoms with Crippen LogP contribution in [-0.2, 0) is 4.74 Å². The van der Waals surface area contributed by atoms with E-state index in [9.17, 15) is 13.6 Å². The summed E-state index contributed by atoms with van der Waals surface area (Å²) in [7, 11) is 0. The maximum absolute atomic E-state index is 13.2. The van der Waals surface area contributed by atoms with E-state index in [1.165, 1.54) is 0 Å². The molecule has 1 aliphatic rings. The van der Waals surface area contributed by atoms with Crippen LogP contribution in [0.2, 0.25) is 0 Å². The van der Waals surface area contributed by atoms with Gasteiger partial charge in [-0.1, -0.05) is 15.9 Å². The van der Waals surface area contributed by atoms with E-state index in [4.69, 9.17) is 4.74 Å². The van der Waals surface area contributed by atoms with Crippen molar-refractivity contribution in [2.45, 2.75) is 44.8 Å². The molecule has 0 spiro atoms. The summed E-state index contributed by atoms with van der Waals surface area (Å²) in [4.78, 5) is 12.8. The number of carbonyl (C=O) groups is 1. The van der Waals surface area contributed by atoms with Gasteiger partial charge in [-0.05, 0) is 20.8 Å². The Labute approximate surface area is 102 Å². The van der Waals surface area contributed by atoms with Gasteiger partial charge in [-0.2, -0.15) is 0 Å². The molecular weight excluding hydrogens is 284 g/mol. The topological polar surface area (TPSA) is 29.5 Å². The van der Waals surface area contributed by atoms with Crippen molar-refractivity contribution < 1.29 is 18.3 Å². The lowest BCUT2D eigenvalue weighted by atomic mass is 10.2. The van der Waals surface area contributed by atoms with Gasteiger partial charge in [0, 0.05) is 11.8 Å². The maximum atomic E-state index is 13.2. The number of halogens is 3. The average Bonchev–Trinajstić information content (AvgIpc) is 2.38. The number of ether oxygens (including phenoxy) is 1. The van der Waals surface area contributed by atoms with Crippen LogP contribution in [0, 0.1) is 0 Å². The van der Waals surface area contributed by atoms with Crippen LogP contribution in [0.25, 0.3) is 0 Å². The van der Waals surface area contributed by atoms with Crippen LogP contribution in [0.1, 0.15) is 27.2 Å². The number of alkyl halides is 3. The van der Waals surface area contributed by atoms with Gasteiger partial charge < -0.3 is 4.74 Å². The summed E-state index contributed by atoms with van der Waals surface area (Å²) in [6, 6.07) is -0.496. The highest BCUT2D eigenvalue weighted by Crippen LogP contribution is 2.33. The van der Waals surface area contributed by atoms with E-state index in [1.807, 2.05) is 0 Å². The molecule has 0 N–H and O–H groups in total. The summed E-state index contributed by atoms with van der Waals surface area (Å²) in [6.07, 6.45) is -0.980. The van der Waals surface area contributed by atoms with Crippen molar-refractivity contribution in [3.8, 4) is 0 Å². The van der Waals surface area contributed by atoms with Crippen molar-refractivity contribution in [1.29, 1.82) is 0 Å². The van der Waals surface area contributed by atoms with E-state index in [2.05, 4.69) is 15.9 Å². The first-order valence-corrected chi connectivity index (χ1v) is 6.20. The van der Waals surface area contributed by atoms with Crippen molar-refractivity contribution in [3.63, 3.8) is 0 Å². The van der Waals surface area contributed by atoms with Crippen molar-refractivity contribution >= 4 is 22.0 Å². The SMILES string of the molecule is CC(C)(C)OC(=O)N1CC(F)(F)C[C@H]1CBr. The normalized spacial score (nSPS) is 24.6. The summed E-state index contributed by atoms with van der Waals surface area (Å²) in [5.74, 6) is -2.81. The Morgan fingerprint density at radius 1 is 1.56 bits per heavy atom. The van der Waals surface area contributed by atoms with Crippen LogP contribution >= 0.6 is 15.9 Å². The molecule has 0 saturated carbocycles. The minimum atomic E-state index is -2.81. The predicted octanol–water partition coefficient (Wildman–Crippen LogP) is 3.03.